The molecule has 2 aromatic heterocycles. The van der Waals surface area contributed by atoms with Crippen LogP contribution >= 0.6 is 0 Å². The Kier molecular flexibility index (Phi) is 5.07. The Hall–Kier alpha value is -4.54. The number of aliphatic hydroxyl groups is 1. The maximum absolute atomic E-state index is 15.8. The van der Waals surface area contributed by atoms with Gasteiger partial charge < -0.3 is 24.0 Å². The van der Waals surface area contributed by atoms with Crippen molar-refractivity contribution in [3.05, 3.63) is 88.5 Å². The van der Waals surface area contributed by atoms with E-state index in [0.717, 1.165) is 16.8 Å². The number of ether oxygens (including phenoxy) is 2. The number of carbonyl (C=O) groups is 1. The molecular weight excluding hydrogens is 491 g/mol. The Balaban J connectivity index is 1.55. The summed E-state index contributed by atoms with van der Waals surface area (Å²) in [6, 6.07) is 12.6. The first kappa shape index (κ1) is 22.6. The van der Waals surface area contributed by atoms with Crippen molar-refractivity contribution in [2.24, 2.45) is 0 Å². The molecule has 0 atom stereocenters. The zero-order chi connectivity index (χ0) is 26.0. The maximum atomic E-state index is 15.8. The van der Waals surface area contributed by atoms with Crippen molar-refractivity contribution in [1.82, 2.24) is 19.0 Å². The molecule has 5 aromatic rings. The molecule has 2 aliphatic heterocycles. The van der Waals surface area contributed by atoms with E-state index < -0.39 is 17.2 Å². The van der Waals surface area contributed by atoms with Crippen molar-refractivity contribution in [1.29, 1.82) is 0 Å². The quantitative estimate of drug-likeness (QED) is 0.390. The van der Waals surface area contributed by atoms with Crippen LogP contribution in [0.1, 0.15) is 16.1 Å². The number of imidazole rings is 1. The molecule has 1 N–H and O–H groups in total. The van der Waals surface area contributed by atoms with E-state index in [2.05, 4.69) is 4.98 Å². The summed E-state index contributed by atoms with van der Waals surface area (Å²) in [5.41, 5.74) is 0.729. The van der Waals surface area contributed by atoms with E-state index in [1.54, 1.807) is 9.47 Å². The molecule has 9 nitrogen and oxygen atoms in total. The van der Waals surface area contributed by atoms with Crippen molar-refractivity contribution in [3.8, 4) is 22.9 Å². The lowest BCUT2D eigenvalue weighted by atomic mass is 10.0. The number of benzene rings is 3. The molecule has 10 heteroatoms. The molecule has 1 saturated heterocycles. The fourth-order valence-electron chi connectivity index (χ4n) is 5.19. The van der Waals surface area contributed by atoms with Crippen LogP contribution in [0.4, 0.5) is 4.39 Å². The molecule has 0 aliphatic carbocycles. The zero-order valence-electron chi connectivity index (χ0n) is 20.1. The van der Waals surface area contributed by atoms with Gasteiger partial charge in [0.25, 0.3) is 5.91 Å². The topological polar surface area (TPSA) is 98.8 Å². The molecule has 0 bridgehead atoms. The molecule has 0 saturated carbocycles. The van der Waals surface area contributed by atoms with E-state index in [-0.39, 0.29) is 29.0 Å². The summed E-state index contributed by atoms with van der Waals surface area (Å²) in [6.07, 6.45) is 4.40. The van der Waals surface area contributed by atoms with Gasteiger partial charge in [0.15, 0.2) is 17.3 Å². The number of hydrogen-bond acceptors (Lipinski definition) is 6. The predicted molar refractivity (Wildman–Crippen MR) is 137 cm³/mol. The molecule has 4 heterocycles. The first-order chi connectivity index (χ1) is 18.5. The molecule has 3 aromatic carbocycles. The van der Waals surface area contributed by atoms with Gasteiger partial charge in [0.2, 0.25) is 5.43 Å². The van der Waals surface area contributed by atoms with Gasteiger partial charge in [0.1, 0.15) is 16.8 Å². The fourth-order valence-corrected chi connectivity index (χ4v) is 5.19. The second-order valence-electron chi connectivity index (χ2n) is 9.28. The van der Waals surface area contributed by atoms with E-state index in [9.17, 15) is 14.7 Å². The third-order valence-corrected chi connectivity index (χ3v) is 7.05. The number of carbonyl (C=O) groups excluding carboxylic acids is 1. The van der Waals surface area contributed by atoms with Crippen LogP contribution in [-0.4, -0.2) is 56.3 Å². The summed E-state index contributed by atoms with van der Waals surface area (Å²) < 4.78 is 30.6. The van der Waals surface area contributed by atoms with E-state index in [1.807, 2.05) is 36.4 Å². The number of pyridine rings is 1. The highest BCUT2D eigenvalue weighted by Crippen LogP contribution is 2.45. The highest BCUT2D eigenvalue weighted by molar-refractivity contribution is 6.01. The first-order valence-corrected chi connectivity index (χ1v) is 12.2. The normalized spacial score (nSPS) is 14.5. The minimum atomic E-state index is -0.724. The standard InChI is InChI=1S/C28H21FN4O5/c29-21-11-19-24-27(25(21)32-12-18(14-34)30-15-32)38-23-10-17-4-2-1-3-16(17)9-22(23)33(24)13-20(26(19)35)28(36)31-5-7-37-8-6-31/h1-4,9-13,15,34H,5-8,14H2. The lowest BCUT2D eigenvalue weighted by molar-refractivity contribution is 0.0302. The van der Waals surface area contributed by atoms with Gasteiger partial charge >= 0.3 is 0 Å². The molecule has 1 amide bonds. The minimum Gasteiger partial charge on any atom is -0.451 e. The summed E-state index contributed by atoms with van der Waals surface area (Å²) in [4.78, 5) is 32.8. The van der Waals surface area contributed by atoms with E-state index in [4.69, 9.17) is 9.47 Å². The first-order valence-electron chi connectivity index (χ1n) is 12.2. The Morgan fingerprint density at radius 1 is 1.08 bits per heavy atom. The number of nitrogens with zero attached hydrogens (tertiary/aromatic N) is 4. The maximum Gasteiger partial charge on any atom is 0.259 e. The van der Waals surface area contributed by atoms with Crippen molar-refractivity contribution in [3.63, 3.8) is 0 Å². The molecule has 0 radical (unpaired) electrons. The van der Waals surface area contributed by atoms with Crippen LogP contribution in [0.2, 0.25) is 0 Å². The number of halogens is 1. The van der Waals surface area contributed by atoms with Crippen LogP contribution in [0.3, 0.4) is 0 Å². The Labute approximate surface area is 214 Å². The van der Waals surface area contributed by atoms with Gasteiger partial charge in [-0.1, -0.05) is 24.3 Å². The number of fused-ring (bicyclic) bond motifs is 3. The van der Waals surface area contributed by atoms with Gasteiger partial charge in [-0.15, -0.1) is 0 Å². The predicted octanol–water partition coefficient (Wildman–Crippen LogP) is 3.54. The minimum absolute atomic E-state index is 0.0293. The van der Waals surface area contributed by atoms with E-state index in [1.165, 1.54) is 23.3 Å². The van der Waals surface area contributed by atoms with Gasteiger partial charge in [-0.3, -0.25) is 14.2 Å². The summed E-state index contributed by atoms with van der Waals surface area (Å²) in [5.74, 6) is -0.586. The smallest absolute Gasteiger partial charge is 0.259 e. The summed E-state index contributed by atoms with van der Waals surface area (Å²) >= 11 is 0. The van der Waals surface area contributed by atoms with Crippen LogP contribution < -0.4 is 10.2 Å². The molecule has 1 fully saturated rings. The summed E-state index contributed by atoms with van der Waals surface area (Å²) in [5, 5.41) is 11.4. The van der Waals surface area contributed by atoms with Gasteiger partial charge in [0.05, 0.1) is 42.9 Å². The lowest BCUT2D eigenvalue weighted by Gasteiger charge is -2.29. The van der Waals surface area contributed by atoms with Gasteiger partial charge in [-0.2, -0.15) is 0 Å². The van der Waals surface area contributed by atoms with E-state index >= 15 is 4.39 Å². The van der Waals surface area contributed by atoms with Crippen molar-refractivity contribution in [2.45, 2.75) is 6.61 Å². The Bertz CT molecular complexity index is 1840. The largest absolute Gasteiger partial charge is 0.451 e. The zero-order valence-corrected chi connectivity index (χ0v) is 20.1. The highest BCUT2D eigenvalue weighted by Gasteiger charge is 2.31. The third-order valence-electron chi connectivity index (χ3n) is 7.05. The van der Waals surface area contributed by atoms with Gasteiger partial charge in [-0.25, -0.2) is 9.37 Å². The van der Waals surface area contributed by atoms with Crippen molar-refractivity contribution < 1.29 is 23.8 Å². The van der Waals surface area contributed by atoms with E-state index in [0.29, 0.717) is 49.0 Å². The second-order valence-corrected chi connectivity index (χ2v) is 9.28. The molecule has 190 valence electrons. The monoisotopic (exact) mass is 512 g/mol. The van der Waals surface area contributed by atoms with Crippen LogP contribution in [0.15, 0.2) is 66.0 Å². The third kappa shape index (κ3) is 3.34. The van der Waals surface area contributed by atoms with Crippen LogP contribution in [0, 0.1) is 5.82 Å². The Morgan fingerprint density at radius 2 is 1.84 bits per heavy atom. The van der Waals surface area contributed by atoms with Crippen LogP contribution in [-0.2, 0) is 11.3 Å². The van der Waals surface area contributed by atoms with Gasteiger partial charge in [-0.05, 0) is 29.0 Å². The average molecular weight is 512 g/mol. The molecule has 38 heavy (non-hydrogen) atoms. The second kappa shape index (κ2) is 8.51. The molecule has 2 aliphatic rings. The summed E-state index contributed by atoms with van der Waals surface area (Å²) in [6.45, 7) is 1.20. The number of amides is 1. The number of morpholine rings is 1. The van der Waals surface area contributed by atoms with Crippen molar-refractivity contribution in [2.75, 3.05) is 26.3 Å². The summed E-state index contributed by atoms with van der Waals surface area (Å²) in [7, 11) is 0. The molecular formula is C28H21FN4O5. The average Bonchev–Trinajstić information content (AvgIpc) is 3.42. The van der Waals surface area contributed by atoms with Gasteiger partial charge in [0, 0.05) is 25.5 Å². The molecule has 0 unspecified atom stereocenters. The lowest BCUT2D eigenvalue weighted by Crippen LogP contribution is -2.42. The highest BCUT2D eigenvalue weighted by atomic mass is 19.1. The molecule has 0 spiro atoms. The van der Waals surface area contributed by atoms with Crippen molar-refractivity contribution >= 4 is 27.6 Å². The fraction of sp³-hybridized carbons (Fsp3) is 0.179. The Morgan fingerprint density at radius 3 is 2.58 bits per heavy atom. The number of aliphatic hydroxyl groups excluding tert-OH is 1. The number of hydrogen-bond donors (Lipinski definition) is 1. The van der Waals surface area contributed by atoms with Crippen LogP contribution in [0.25, 0.3) is 33.1 Å². The van der Waals surface area contributed by atoms with Crippen LogP contribution in [0.5, 0.6) is 11.5 Å². The number of aromatic nitrogens is 3. The molecule has 7 rings (SSSR count). The SMILES string of the molecule is O=C(c1cn2c3c(c(-n4cnc(CO)c4)c(F)cc3c1=O)Oc1cc3ccccc3cc1-2)N1CCOCC1. The number of rotatable bonds is 3.